The molecule has 0 aliphatic carbocycles. The number of nitriles is 1. The number of rotatable bonds is 3. The first-order chi connectivity index (χ1) is 6.53. The van der Waals surface area contributed by atoms with Crippen molar-refractivity contribution in [2.75, 3.05) is 10.5 Å². The molecule has 7 heteroatoms. The number of sulfonamides is 1. The highest BCUT2D eigenvalue weighted by Gasteiger charge is 2.09. The molecule has 14 heavy (non-hydrogen) atoms. The zero-order chi connectivity index (χ0) is 10.6. The van der Waals surface area contributed by atoms with E-state index in [1.54, 1.807) is 12.1 Å². The fourth-order valence-electron chi connectivity index (χ4n) is 0.717. The Balaban J connectivity index is 2.80. The summed E-state index contributed by atoms with van der Waals surface area (Å²) in [5, 5.41) is 8.23. The number of hydrogen-bond acceptors (Lipinski definition) is 4. The molecule has 1 rings (SSSR count). The van der Waals surface area contributed by atoms with Crippen molar-refractivity contribution in [3.8, 4) is 6.07 Å². The van der Waals surface area contributed by atoms with E-state index in [1.165, 1.54) is 12.3 Å². The van der Waals surface area contributed by atoms with Crippen molar-refractivity contribution in [1.82, 2.24) is 4.98 Å². The number of nitrogens with zero attached hydrogens (tertiary/aromatic N) is 2. The summed E-state index contributed by atoms with van der Waals surface area (Å²) in [4.78, 5) is 3.84. The van der Waals surface area contributed by atoms with Crippen molar-refractivity contribution in [2.24, 2.45) is 0 Å². The molecule has 0 saturated heterocycles. The first-order valence-electron chi connectivity index (χ1n) is 3.52. The molecule has 0 spiro atoms. The maximum absolute atomic E-state index is 11.1. The molecule has 5 nitrogen and oxygen atoms in total. The highest BCUT2D eigenvalue weighted by atomic mass is 127. The summed E-state index contributed by atoms with van der Waals surface area (Å²) >= 11 is 2.06. The third-order valence-corrected chi connectivity index (χ3v) is 2.91. The molecule has 0 atom stereocenters. The van der Waals surface area contributed by atoms with Crippen LogP contribution in [0.2, 0.25) is 0 Å². The van der Waals surface area contributed by atoms with Gasteiger partial charge >= 0.3 is 0 Å². The van der Waals surface area contributed by atoms with Gasteiger partial charge in [0.1, 0.15) is 5.82 Å². The Morgan fingerprint density at radius 3 is 2.79 bits per heavy atom. The SMILES string of the molecule is N#CCS(=O)(=O)Nc1ccc(I)cn1. The second-order valence-corrected chi connectivity index (χ2v) is 5.35. The summed E-state index contributed by atoms with van der Waals surface area (Å²) in [5.74, 6) is -0.346. The van der Waals surface area contributed by atoms with Gasteiger partial charge in [0.25, 0.3) is 0 Å². The first kappa shape index (κ1) is 11.2. The first-order valence-corrected chi connectivity index (χ1v) is 6.25. The summed E-state index contributed by atoms with van der Waals surface area (Å²) in [6.45, 7) is 0. The second kappa shape index (κ2) is 4.56. The number of aromatic nitrogens is 1. The smallest absolute Gasteiger partial charge is 0.247 e. The summed E-state index contributed by atoms with van der Waals surface area (Å²) in [5.41, 5.74) is 0. The van der Waals surface area contributed by atoms with Crippen LogP contribution in [-0.2, 0) is 10.0 Å². The molecular weight excluding hydrogens is 317 g/mol. The van der Waals surface area contributed by atoms with Gasteiger partial charge < -0.3 is 0 Å². The summed E-state index contributed by atoms with van der Waals surface area (Å²) in [6, 6.07) is 4.82. The van der Waals surface area contributed by atoms with Crippen LogP contribution in [0.5, 0.6) is 0 Å². The van der Waals surface area contributed by atoms with Crippen molar-refractivity contribution in [1.29, 1.82) is 5.26 Å². The Morgan fingerprint density at radius 1 is 1.57 bits per heavy atom. The second-order valence-electron chi connectivity index (χ2n) is 2.38. The normalized spacial score (nSPS) is 10.6. The van der Waals surface area contributed by atoms with E-state index in [0.717, 1.165) is 3.57 Å². The minimum atomic E-state index is -3.57. The fourth-order valence-corrected chi connectivity index (χ4v) is 1.72. The molecule has 0 bridgehead atoms. The molecule has 1 heterocycles. The highest BCUT2D eigenvalue weighted by Crippen LogP contribution is 2.08. The lowest BCUT2D eigenvalue weighted by molar-refractivity contribution is 0.604. The van der Waals surface area contributed by atoms with Gasteiger partial charge in [0.2, 0.25) is 10.0 Å². The predicted octanol–water partition coefficient (Wildman–Crippen LogP) is 0.951. The molecule has 0 aliphatic heterocycles. The van der Waals surface area contributed by atoms with Gasteiger partial charge in [0.05, 0.1) is 6.07 Å². The van der Waals surface area contributed by atoms with Crippen LogP contribution in [0.25, 0.3) is 0 Å². The van der Waals surface area contributed by atoms with E-state index in [2.05, 4.69) is 32.3 Å². The van der Waals surface area contributed by atoms with Gasteiger partial charge in [0.15, 0.2) is 5.75 Å². The van der Waals surface area contributed by atoms with Gasteiger partial charge in [-0.15, -0.1) is 0 Å². The molecule has 0 aliphatic rings. The van der Waals surface area contributed by atoms with E-state index in [9.17, 15) is 8.42 Å². The number of halogens is 1. The third-order valence-electron chi connectivity index (χ3n) is 1.24. The monoisotopic (exact) mass is 323 g/mol. The zero-order valence-corrected chi connectivity index (χ0v) is 9.91. The minimum Gasteiger partial charge on any atom is -0.266 e. The molecule has 0 amide bonds. The van der Waals surface area contributed by atoms with Gasteiger partial charge in [-0.1, -0.05) is 0 Å². The van der Waals surface area contributed by atoms with E-state index in [1.807, 2.05) is 0 Å². The molecule has 0 saturated carbocycles. The average molecular weight is 323 g/mol. The lowest BCUT2D eigenvalue weighted by Crippen LogP contribution is -2.16. The molecule has 74 valence electrons. The average Bonchev–Trinajstić information content (AvgIpc) is 2.08. The number of anilines is 1. The molecule has 0 unspecified atom stereocenters. The van der Waals surface area contributed by atoms with Gasteiger partial charge in [-0.2, -0.15) is 5.26 Å². The highest BCUT2D eigenvalue weighted by molar-refractivity contribution is 14.1. The number of pyridine rings is 1. The van der Waals surface area contributed by atoms with Crippen molar-refractivity contribution in [3.63, 3.8) is 0 Å². The standard InChI is InChI=1S/C7H6IN3O2S/c8-6-1-2-7(10-5-6)11-14(12,13)4-3-9/h1-2,5H,4H2,(H,10,11). The van der Waals surface area contributed by atoms with Crippen LogP contribution in [0, 0.1) is 14.9 Å². The third kappa shape index (κ3) is 3.47. The Kier molecular flexibility index (Phi) is 3.65. The molecule has 0 fully saturated rings. The van der Waals surface area contributed by atoms with Crippen LogP contribution in [0.4, 0.5) is 5.82 Å². The Hall–Kier alpha value is -0.880. The number of hydrogen-bond donors (Lipinski definition) is 1. The molecule has 1 aromatic rings. The van der Waals surface area contributed by atoms with Gasteiger partial charge in [-0.3, -0.25) is 4.72 Å². The topological polar surface area (TPSA) is 82.8 Å². The predicted molar refractivity (Wildman–Crippen MR) is 60.0 cm³/mol. The van der Waals surface area contributed by atoms with E-state index < -0.39 is 15.8 Å². The molecule has 0 aromatic carbocycles. The molecule has 0 radical (unpaired) electrons. The van der Waals surface area contributed by atoms with Crippen molar-refractivity contribution in [2.45, 2.75) is 0 Å². The lowest BCUT2D eigenvalue weighted by Gasteiger charge is -2.02. The van der Waals surface area contributed by atoms with Crippen LogP contribution >= 0.6 is 22.6 Å². The lowest BCUT2D eigenvalue weighted by atomic mass is 10.5. The summed E-state index contributed by atoms with van der Waals surface area (Å²) in [7, 11) is -3.57. The molecular formula is C7H6IN3O2S. The van der Waals surface area contributed by atoms with E-state index in [0.29, 0.717) is 0 Å². The van der Waals surface area contributed by atoms with Crippen LogP contribution in [0.15, 0.2) is 18.3 Å². The maximum atomic E-state index is 11.1. The van der Waals surface area contributed by atoms with Gasteiger partial charge in [-0.25, -0.2) is 13.4 Å². The summed E-state index contributed by atoms with van der Waals surface area (Å²) in [6.07, 6.45) is 1.53. The van der Waals surface area contributed by atoms with Crippen LogP contribution in [0.3, 0.4) is 0 Å². The largest absolute Gasteiger partial charge is 0.266 e. The Morgan fingerprint density at radius 2 is 2.29 bits per heavy atom. The fraction of sp³-hybridized carbons (Fsp3) is 0.143. The minimum absolute atomic E-state index is 0.223. The maximum Gasteiger partial charge on any atom is 0.247 e. The van der Waals surface area contributed by atoms with Gasteiger partial charge in [-0.05, 0) is 34.7 Å². The summed E-state index contributed by atoms with van der Waals surface area (Å²) < 4.78 is 25.3. The Bertz CT molecular complexity index is 449. The van der Waals surface area contributed by atoms with Crippen LogP contribution < -0.4 is 4.72 Å². The Labute approximate surface area is 95.3 Å². The van der Waals surface area contributed by atoms with Crippen LogP contribution in [0.1, 0.15) is 0 Å². The van der Waals surface area contributed by atoms with Crippen molar-refractivity contribution >= 4 is 38.4 Å². The van der Waals surface area contributed by atoms with Crippen molar-refractivity contribution in [3.05, 3.63) is 21.9 Å². The number of nitrogens with one attached hydrogen (secondary N) is 1. The molecule has 1 N–H and O–H groups in total. The van der Waals surface area contributed by atoms with E-state index in [4.69, 9.17) is 5.26 Å². The van der Waals surface area contributed by atoms with Gasteiger partial charge in [0, 0.05) is 9.77 Å². The zero-order valence-electron chi connectivity index (χ0n) is 6.94. The quantitative estimate of drug-likeness (QED) is 0.840. The van der Waals surface area contributed by atoms with E-state index >= 15 is 0 Å². The molecule has 1 aromatic heterocycles. The van der Waals surface area contributed by atoms with Crippen LogP contribution in [-0.4, -0.2) is 19.2 Å². The van der Waals surface area contributed by atoms with Crippen molar-refractivity contribution < 1.29 is 8.42 Å². The van der Waals surface area contributed by atoms with E-state index in [-0.39, 0.29) is 5.82 Å².